The van der Waals surface area contributed by atoms with E-state index in [0.29, 0.717) is 0 Å². The summed E-state index contributed by atoms with van der Waals surface area (Å²) in [6, 6.07) is 56.3. The molecule has 0 unspecified atom stereocenters. The standard InChI is InChI=1S/C38H28N2Si/c1-5-17-29(18-6-1)35-36(30-19-7-2-8-20-30)38(34-26-14-16-28-40-34)41(31-21-9-3-10-22-31,32-23-11-4-12-24-32)37(35)33-25-13-15-27-39-33/h1-28H. The minimum atomic E-state index is -2.98. The average Bonchev–Trinajstić information content (AvgIpc) is 3.40. The average molecular weight is 541 g/mol. The molecule has 0 radical (unpaired) electrons. The van der Waals surface area contributed by atoms with Gasteiger partial charge in [-0.2, -0.15) is 0 Å². The van der Waals surface area contributed by atoms with E-state index in [9.17, 15) is 0 Å². The second-order valence-corrected chi connectivity index (χ2v) is 13.8. The summed E-state index contributed by atoms with van der Waals surface area (Å²) in [7, 11) is -2.98. The maximum absolute atomic E-state index is 5.07. The van der Waals surface area contributed by atoms with Gasteiger partial charge < -0.3 is 0 Å². The highest BCUT2D eigenvalue weighted by molar-refractivity contribution is 7.29. The lowest BCUT2D eigenvalue weighted by Gasteiger charge is -2.35. The molecule has 1 aliphatic heterocycles. The summed E-state index contributed by atoms with van der Waals surface area (Å²) in [5.74, 6) is 0. The maximum Gasteiger partial charge on any atom is 0.185 e. The summed E-state index contributed by atoms with van der Waals surface area (Å²) in [6.07, 6.45) is 3.84. The molecule has 0 fully saturated rings. The molecule has 2 aromatic heterocycles. The molecular weight excluding hydrogens is 513 g/mol. The fraction of sp³-hybridized carbons (Fsp3) is 0. The molecule has 4 aromatic carbocycles. The molecular formula is C38H28N2Si. The van der Waals surface area contributed by atoms with Crippen LogP contribution in [-0.2, 0) is 0 Å². The Hall–Kier alpha value is -5.12. The van der Waals surface area contributed by atoms with Crippen LogP contribution in [0.15, 0.2) is 170 Å². The van der Waals surface area contributed by atoms with Gasteiger partial charge in [-0.25, -0.2) is 0 Å². The predicted molar refractivity (Wildman–Crippen MR) is 173 cm³/mol. The van der Waals surface area contributed by atoms with Gasteiger partial charge >= 0.3 is 0 Å². The molecule has 1 aliphatic rings. The molecule has 0 atom stereocenters. The van der Waals surface area contributed by atoms with E-state index in [4.69, 9.17) is 9.97 Å². The van der Waals surface area contributed by atoms with E-state index < -0.39 is 8.07 Å². The summed E-state index contributed by atoms with van der Waals surface area (Å²) in [5, 5.41) is 5.21. The summed E-state index contributed by atoms with van der Waals surface area (Å²) in [6.45, 7) is 0. The lowest BCUT2D eigenvalue weighted by molar-refractivity contribution is 1.28. The largest absolute Gasteiger partial charge is 0.257 e. The van der Waals surface area contributed by atoms with Gasteiger partial charge in [0.1, 0.15) is 0 Å². The van der Waals surface area contributed by atoms with Crippen molar-refractivity contribution in [2.45, 2.75) is 0 Å². The van der Waals surface area contributed by atoms with Crippen LogP contribution in [0.1, 0.15) is 22.5 Å². The predicted octanol–water partition coefficient (Wildman–Crippen LogP) is 7.35. The fourth-order valence-electron chi connectivity index (χ4n) is 6.32. The highest BCUT2D eigenvalue weighted by Crippen LogP contribution is 2.54. The van der Waals surface area contributed by atoms with Gasteiger partial charge in [-0.05, 0) is 67.3 Å². The fourth-order valence-corrected chi connectivity index (χ4v) is 11.8. The number of hydrogen-bond acceptors (Lipinski definition) is 2. The molecule has 0 amide bonds. The smallest absolute Gasteiger partial charge is 0.185 e. The molecule has 3 heterocycles. The van der Waals surface area contributed by atoms with E-state index in [2.05, 4.69) is 146 Å². The number of hydrogen-bond donors (Lipinski definition) is 0. The highest BCUT2D eigenvalue weighted by atomic mass is 28.3. The van der Waals surface area contributed by atoms with Crippen molar-refractivity contribution in [1.82, 2.24) is 9.97 Å². The molecule has 41 heavy (non-hydrogen) atoms. The van der Waals surface area contributed by atoms with Crippen LogP contribution in [0.3, 0.4) is 0 Å². The van der Waals surface area contributed by atoms with Gasteiger partial charge in [-0.3, -0.25) is 9.97 Å². The highest BCUT2D eigenvalue weighted by Gasteiger charge is 2.54. The lowest BCUT2D eigenvalue weighted by Crippen LogP contribution is -2.60. The zero-order valence-electron chi connectivity index (χ0n) is 22.6. The summed E-state index contributed by atoms with van der Waals surface area (Å²) < 4.78 is 0. The molecule has 0 spiro atoms. The number of nitrogens with zero attached hydrogens (tertiary/aromatic N) is 2. The van der Waals surface area contributed by atoms with Crippen molar-refractivity contribution in [3.63, 3.8) is 0 Å². The Kier molecular flexibility index (Phi) is 6.56. The van der Waals surface area contributed by atoms with Crippen LogP contribution in [-0.4, -0.2) is 18.0 Å². The van der Waals surface area contributed by atoms with E-state index in [1.807, 2.05) is 24.5 Å². The Bertz CT molecular complexity index is 1690. The zero-order chi connectivity index (χ0) is 27.5. The molecule has 0 bridgehead atoms. The van der Waals surface area contributed by atoms with E-state index >= 15 is 0 Å². The lowest BCUT2D eigenvalue weighted by atomic mass is 9.90. The summed E-state index contributed by atoms with van der Waals surface area (Å²) in [4.78, 5) is 10.1. The molecule has 3 heteroatoms. The molecule has 0 aliphatic carbocycles. The van der Waals surface area contributed by atoms with E-state index in [0.717, 1.165) is 11.4 Å². The van der Waals surface area contributed by atoms with Crippen LogP contribution in [0.2, 0.25) is 0 Å². The van der Waals surface area contributed by atoms with E-state index in [1.165, 1.54) is 43.0 Å². The second kappa shape index (κ2) is 10.8. The van der Waals surface area contributed by atoms with Gasteiger partial charge in [0, 0.05) is 12.4 Å². The van der Waals surface area contributed by atoms with Gasteiger partial charge in [-0.15, -0.1) is 0 Å². The summed E-state index contributed by atoms with van der Waals surface area (Å²) >= 11 is 0. The Balaban J connectivity index is 1.77. The van der Waals surface area contributed by atoms with Crippen LogP contribution < -0.4 is 10.4 Å². The molecule has 0 saturated heterocycles. The number of benzene rings is 4. The van der Waals surface area contributed by atoms with Gasteiger partial charge in [-0.1, -0.05) is 133 Å². The maximum atomic E-state index is 5.07. The van der Waals surface area contributed by atoms with E-state index in [-0.39, 0.29) is 0 Å². The third-order valence-electron chi connectivity index (χ3n) is 7.88. The van der Waals surface area contributed by atoms with Crippen molar-refractivity contribution < 1.29 is 0 Å². The van der Waals surface area contributed by atoms with Crippen LogP contribution in [0.4, 0.5) is 0 Å². The topological polar surface area (TPSA) is 25.8 Å². The van der Waals surface area contributed by atoms with Crippen molar-refractivity contribution in [3.8, 4) is 0 Å². The summed E-state index contributed by atoms with van der Waals surface area (Å²) in [5.41, 5.74) is 6.84. The zero-order valence-corrected chi connectivity index (χ0v) is 23.6. The molecule has 194 valence electrons. The first-order chi connectivity index (χ1) is 20.4. The minimum Gasteiger partial charge on any atom is -0.257 e. The third-order valence-corrected chi connectivity index (χ3v) is 12.8. The van der Waals surface area contributed by atoms with Crippen molar-refractivity contribution in [3.05, 3.63) is 193 Å². The van der Waals surface area contributed by atoms with Crippen LogP contribution in [0, 0.1) is 0 Å². The number of rotatable bonds is 6. The van der Waals surface area contributed by atoms with Crippen LogP contribution in [0.25, 0.3) is 21.5 Å². The van der Waals surface area contributed by atoms with Crippen LogP contribution >= 0.6 is 0 Å². The molecule has 0 N–H and O–H groups in total. The Labute approximate surface area is 242 Å². The van der Waals surface area contributed by atoms with Gasteiger partial charge in [0.15, 0.2) is 8.07 Å². The van der Waals surface area contributed by atoms with Crippen molar-refractivity contribution in [2.24, 2.45) is 0 Å². The first kappa shape index (κ1) is 24.9. The third kappa shape index (κ3) is 4.19. The minimum absolute atomic E-state index is 1.00. The SMILES string of the molecule is c1ccc(C2=C(c3ccccn3)[Si](c3ccccc3)(c3ccccc3)C(c3ccccn3)=C2c2ccccc2)cc1. The number of allylic oxidation sites excluding steroid dienone is 2. The van der Waals surface area contributed by atoms with Gasteiger partial charge in [0.2, 0.25) is 0 Å². The molecule has 7 rings (SSSR count). The quantitative estimate of drug-likeness (QED) is 0.206. The van der Waals surface area contributed by atoms with Gasteiger partial charge in [0.05, 0.1) is 11.4 Å². The number of pyridine rings is 2. The van der Waals surface area contributed by atoms with Crippen molar-refractivity contribution in [2.75, 3.05) is 0 Å². The molecule has 2 nitrogen and oxygen atoms in total. The Morgan fingerprint density at radius 2 is 0.683 bits per heavy atom. The van der Waals surface area contributed by atoms with Crippen molar-refractivity contribution >= 4 is 40.0 Å². The first-order valence-electron chi connectivity index (χ1n) is 13.9. The van der Waals surface area contributed by atoms with Crippen LogP contribution in [0.5, 0.6) is 0 Å². The van der Waals surface area contributed by atoms with Crippen molar-refractivity contribution in [1.29, 1.82) is 0 Å². The Morgan fingerprint density at radius 1 is 0.341 bits per heavy atom. The first-order valence-corrected chi connectivity index (χ1v) is 15.9. The monoisotopic (exact) mass is 540 g/mol. The Morgan fingerprint density at radius 3 is 1.02 bits per heavy atom. The molecule has 0 saturated carbocycles. The second-order valence-electron chi connectivity index (χ2n) is 10.1. The number of aromatic nitrogens is 2. The van der Waals surface area contributed by atoms with Gasteiger partial charge in [0.25, 0.3) is 0 Å². The normalized spacial score (nSPS) is 14.3. The van der Waals surface area contributed by atoms with E-state index in [1.54, 1.807) is 0 Å². The molecule has 6 aromatic rings.